The van der Waals surface area contributed by atoms with Crippen molar-refractivity contribution in [2.24, 2.45) is 0 Å². The summed E-state index contributed by atoms with van der Waals surface area (Å²) in [6, 6.07) is 15.2. The Kier molecular flexibility index (Phi) is 4.50. The van der Waals surface area contributed by atoms with Crippen LogP contribution in [0.25, 0.3) is 11.1 Å². The van der Waals surface area contributed by atoms with Crippen LogP contribution >= 0.6 is 0 Å². The minimum absolute atomic E-state index is 0.0969. The molecule has 1 aliphatic heterocycles. The van der Waals surface area contributed by atoms with Gasteiger partial charge in [-0.05, 0) is 47.9 Å². The number of rotatable bonds is 2. The highest BCUT2D eigenvalue weighted by atomic mass is 16.5. The fraction of sp³-hybridized carbons (Fsp3) is 0.182. The highest BCUT2D eigenvalue weighted by Crippen LogP contribution is 2.38. The van der Waals surface area contributed by atoms with Gasteiger partial charge in [-0.25, -0.2) is 0 Å². The quantitative estimate of drug-likeness (QED) is 0.755. The van der Waals surface area contributed by atoms with E-state index in [1.165, 1.54) is 0 Å². The van der Waals surface area contributed by atoms with Gasteiger partial charge in [0.25, 0.3) is 5.91 Å². The molecule has 0 bridgehead atoms. The molecule has 0 saturated heterocycles. The number of hydrogen-bond donors (Lipinski definition) is 1. The third kappa shape index (κ3) is 3.36. The zero-order chi connectivity index (χ0) is 18.8. The van der Waals surface area contributed by atoms with Crippen LogP contribution in [0.3, 0.4) is 0 Å². The lowest BCUT2D eigenvalue weighted by atomic mass is 9.97. The molecule has 0 aliphatic carbocycles. The summed E-state index contributed by atoms with van der Waals surface area (Å²) in [5.74, 6) is 0.454. The molecule has 0 radical (unpaired) electrons. The Morgan fingerprint density at radius 3 is 2.81 bits per heavy atom. The van der Waals surface area contributed by atoms with E-state index >= 15 is 0 Å². The molecule has 0 saturated carbocycles. The predicted octanol–water partition coefficient (Wildman–Crippen LogP) is 3.80. The van der Waals surface area contributed by atoms with Gasteiger partial charge in [0, 0.05) is 24.5 Å². The Morgan fingerprint density at radius 2 is 2.04 bits per heavy atom. The molecule has 5 heteroatoms. The number of ether oxygens (including phenoxy) is 1. The molecule has 2 aromatic carbocycles. The third-order valence-corrected chi connectivity index (χ3v) is 4.77. The average Bonchev–Trinajstić information content (AvgIpc) is 2.91. The normalized spacial score (nSPS) is 13.4. The maximum atomic E-state index is 12.8. The second-order valence-corrected chi connectivity index (χ2v) is 6.62. The number of phenolic OH excluding ortho intramolecular Hbond substituents is 1. The molecule has 136 valence electrons. The monoisotopic (exact) mass is 360 g/mol. The Balaban J connectivity index is 1.71. The van der Waals surface area contributed by atoms with Gasteiger partial charge in [-0.1, -0.05) is 24.3 Å². The van der Waals surface area contributed by atoms with Crippen molar-refractivity contribution in [2.45, 2.75) is 13.5 Å². The van der Waals surface area contributed by atoms with E-state index in [0.29, 0.717) is 31.0 Å². The molecule has 0 fully saturated rings. The molecule has 0 atom stereocenters. The smallest absolute Gasteiger partial charge is 0.255 e. The fourth-order valence-corrected chi connectivity index (χ4v) is 3.40. The molecule has 0 unspecified atom stereocenters. The van der Waals surface area contributed by atoms with Gasteiger partial charge < -0.3 is 14.7 Å². The van der Waals surface area contributed by atoms with Crippen LogP contribution in [0, 0.1) is 6.92 Å². The molecular weight excluding hydrogens is 340 g/mol. The number of benzene rings is 2. The summed E-state index contributed by atoms with van der Waals surface area (Å²) in [5, 5.41) is 10.5. The summed E-state index contributed by atoms with van der Waals surface area (Å²) < 4.78 is 5.76. The number of aromatic nitrogens is 1. The van der Waals surface area contributed by atoms with Gasteiger partial charge in [-0.15, -0.1) is 0 Å². The Hall–Kier alpha value is -3.34. The number of amides is 1. The summed E-state index contributed by atoms with van der Waals surface area (Å²) in [6.07, 6.45) is 3.21. The van der Waals surface area contributed by atoms with Crippen LogP contribution in [-0.4, -0.2) is 34.0 Å². The lowest BCUT2D eigenvalue weighted by Crippen LogP contribution is -2.32. The van der Waals surface area contributed by atoms with Gasteiger partial charge in [0.05, 0.1) is 12.1 Å². The van der Waals surface area contributed by atoms with Crippen LogP contribution in [0.2, 0.25) is 0 Å². The minimum atomic E-state index is -0.0969. The highest BCUT2D eigenvalue weighted by Gasteiger charge is 2.24. The van der Waals surface area contributed by atoms with E-state index in [-0.39, 0.29) is 11.7 Å². The van der Waals surface area contributed by atoms with Crippen molar-refractivity contribution in [1.29, 1.82) is 0 Å². The zero-order valence-electron chi connectivity index (χ0n) is 15.1. The van der Waals surface area contributed by atoms with Crippen molar-refractivity contribution in [2.75, 3.05) is 13.2 Å². The topological polar surface area (TPSA) is 62.7 Å². The molecule has 1 amide bonds. The van der Waals surface area contributed by atoms with Crippen LogP contribution in [0.15, 0.2) is 60.9 Å². The van der Waals surface area contributed by atoms with Gasteiger partial charge >= 0.3 is 0 Å². The SMILES string of the molecule is Cc1ccccc1-c1cc(O)c2c(c1)CN(C(=O)c1cccnc1)CCO2. The molecule has 1 aromatic heterocycles. The summed E-state index contributed by atoms with van der Waals surface area (Å²) in [6.45, 7) is 3.18. The van der Waals surface area contributed by atoms with Gasteiger partial charge in [0.2, 0.25) is 0 Å². The second kappa shape index (κ2) is 7.11. The lowest BCUT2D eigenvalue weighted by Gasteiger charge is -2.20. The zero-order valence-corrected chi connectivity index (χ0v) is 15.1. The molecule has 2 heterocycles. The molecule has 3 aromatic rings. The van der Waals surface area contributed by atoms with Gasteiger partial charge in [0.15, 0.2) is 11.5 Å². The fourth-order valence-electron chi connectivity index (χ4n) is 3.40. The van der Waals surface area contributed by atoms with Gasteiger partial charge in [-0.3, -0.25) is 9.78 Å². The number of nitrogens with zero attached hydrogens (tertiary/aromatic N) is 2. The lowest BCUT2D eigenvalue weighted by molar-refractivity contribution is 0.0732. The first-order chi connectivity index (χ1) is 13.1. The van der Waals surface area contributed by atoms with Gasteiger partial charge in [-0.2, -0.15) is 0 Å². The number of carbonyl (C=O) groups is 1. The van der Waals surface area contributed by atoms with Crippen LogP contribution in [0.1, 0.15) is 21.5 Å². The molecule has 1 aliphatic rings. The number of phenols is 1. The molecule has 1 N–H and O–H groups in total. The average molecular weight is 360 g/mol. The number of carbonyl (C=O) groups excluding carboxylic acids is 1. The molecular formula is C22H20N2O3. The first-order valence-corrected chi connectivity index (χ1v) is 8.87. The maximum absolute atomic E-state index is 12.8. The van der Waals surface area contributed by atoms with E-state index in [2.05, 4.69) is 4.98 Å². The van der Waals surface area contributed by atoms with Crippen LogP contribution in [-0.2, 0) is 6.54 Å². The Labute approximate surface area is 157 Å². The van der Waals surface area contributed by atoms with E-state index in [1.807, 2.05) is 37.3 Å². The summed E-state index contributed by atoms with van der Waals surface area (Å²) in [7, 11) is 0. The van der Waals surface area contributed by atoms with E-state index in [1.54, 1.807) is 35.5 Å². The largest absolute Gasteiger partial charge is 0.504 e. The van der Waals surface area contributed by atoms with Crippen molar-refractivity contribution < 1.29 is 14.6 Å². The maximum Gasteiger partial charge on any atom is 0.255 e. The molecule has 4 rings (SSSR count). The predicted molar refractivity (Wildman–Crippen MR) is 103 cm³/mol. The first kappa shape index (κ1) is 17.1. The van der Waals surface area contributed by atoms with Gasteiger partial charge in [0.1, 0.15) is 6.61 Å². The standard InChI is InChI=1S/C22H20N2O3/c1-15-5-2-3-7-19(15)17-11-18-14-24(9-10-27-21(18)20(25)12-17)22(26)16-6-4-8-23-13-16/h2-8,11-13,25H,9-10,14H2,1H3. The Morgan fingerprint density at radius 1 is 1.19 bits per heavy atom. The first-order valence-electron chi connectivity index (χ1n) is 8.87. The second-order valence-electron chi connectivity index (χ2n) is 6.62. The number of hydrogen-bond acceptors (Lipinski definition) is 4. The van der Waals surface area contributed by atoms with E-state index in [9.17, 15) is 9.90 Å². The summed E-state index contributed by atoms with van der Waals surface area (Å²) in [5.41, 5.74) is 4.41. The number of pyridine rings is 1. The minimum Gasteiger partial charge on any atom is -0.504 e. The number of fused-ring (bicyclic) bond motifs is 1. The number of aromatic hydroxyl groups is 1. The number of aryl methyl sites for hydroxylation is 1. The summed E-state index contributed by atoms with van der Waals surface area (Å²) in [4.78, 5) is 18.6. The molecule has 27 heavy (non-hydrogen) atoms. The van der Waals surface area contributed by atoms with Crippen molar-refractivity contribution >= 4 is 5.91 Å². The van der Waals surface area contributed by atoms with E-state index in [4.69, 9.17) is 4.74 Å². The molecule has 5 nitrogen and oxygen atoms in total. The van der Waals surface area contributed by atoms with Crippen LogP contribution in [0.5, 0.6) is 11.5 Å². The van der Waals surface area contributed by atoms with Crippen molar-refractivity contribution in [1.82, 2.24) is 9.88 Å². The molecule has 0 spiro atoms. The van der Waals surface area contributed by atoms with Crippen molar-refractivity contribution in [3.05, 3.63) is 77.6 Å². The highest BCUT2D eigenvalue weighted by molar-refractivity contribution is 5.94. The van der Waals surface area contributed by atoms with E-state index in [0.717, 1.165) is 22.3 Å². The van der Waals surface area contributed by atoms with Crippen molar-refractivity contribution in [3.63, 3.8) is 0 Å². The third-order valence-electron chi connectivity index (χ3n) is 4.77. The Bertz CT molecular complexity index is 986. The van der Waals surface area contributed by atoms with Crippen molar-refractivity contribution in [3.8, 4) is 22.6 Å². The van der Waals surface area contributed by atoms with Crippen LogP contribution < -0.4 is 4.74 Å². The van der Waals surface area contributed by atoms with Crippen LogP contribution in [0.4, 0.5) is 0 Å². The summed E-state index contributed by atoms with van der Waals surface area (Å²) >= 11 is 0. The van der Waals surface area contributed by atoms with E-state index < -0.39 is 0 Å².